The zero-order chi connectivity index (χ0) is 22.4. The molecule has 0 saturated heterocycles. The van der Waals surface area contributed by atoms with E-state index in [9.17, 15) is 18.8 Å². The highest BCUT2D eigenvalue weighted by Gasteiger charge is 2.29. The molecule has 0 bridgehead atoms. The second-order valence-electron chi connectivity index (χ2n) is 7.24. The van der Waals surface area contributed by atoms with Crippen molar-refractivity contribution in [1.29, 1.82) is 0 Å². The van der Waals surface area contributed by atoms with Crippen molar-refractivity contribution in [2.45, 2.75) is 31.7 Å². The molecule has 3 rings (SSSR count). The topological polar surface area (TPSA) is 136 Å². The molecule has 5 N–H and O–H groups in total. The molecule has 3 amide bonds. The molecule has 0 spiro atoms. The number of anilines is 1. The van der Waals surface area contributed by atoms with Crippen LogP contribution in [-0.4, -0.2) is 52.0 Å². The van der Waals surface area contributed by atoms with Crippen LogP contribution in [0.4, 0.5) is 10.1 Å². The second kappa shape index (κ2) is 10.4. The average molecular weight is 452 g/mol. The third-order valence-corrected chi connectivity index (χ3v) is 5.41. The van der Waals surface area contributed by atoms with Crippen LogP contribution in [0.15, 0.2) is 24.5 Å². The lowest BCUT2D eigenvalue weighted by Crippen LogP contribution is -2.40. The molecular weight excluding hydrogens is 429 g/mol. The Bertz CT molecular complexity index is 959. The number of amides is 3. The van der Waals surface area contributed by atoms with Crippen LogP contribution in [0.1, 0.15) is 46.7 Å². The molecule has 0 unspecified atom stereocenters. The summed E-state index contributed by atoms with van der Waals surface area (Å²) in [7, 11) is 0. The fraction of sp³-hybridized carbons (Fsp3) is 0.400. The van der Waals surface area contributed by atoms with Crippen LogP contribution in [0.3, 0.4) is 0 Å². The number of aromatic nitrogens is 2. The number of rotatable bonds is 7. The van der Waals surface area contributed by atoms with Gasteiger partial charge in [-0.15, -0.1) is 0 Å². The van der Waals surface area contributed by atoms with Gasteiger partial charge in [0.2, 0.25) is 5.91 Å². The molecule has 1 aromatic carbocycles. The normalized spacial score (nSPS) is 18.3. The van der Waals surface area contributed by atoms with Crippen molar-refractivity contribution >= 4 is 35.0 Å². The molecule has 0 atom stereocenters. The van der Waals surface area contributed by atoms with Crippen LogP contribution in [0, 0.1) is 11.7 Å². The van der Waals surface area contributed by atoms with Gasteiger partial charge in [0.1, 0.15) is 11.5 Å². The largest absolute Gasteiger partial charge is 0.395 e. The Morgan fingerprint density at radius 1 is 1.19 bits per heavy atom. The van der Waals surface area contributed by atoms with Crippen molar-refractivity contribution in [3.8, 4) is 0 Å². The summed E-state index contributed by atoms with van der Waals surface area (Å²) >= 11 is 5.95. The first kappa shape index (κ1) is 22.7. The zero-order valence-electron chi connectivity index (χ0n) is 16.6. The first-order valence-electron chi connectivity index (χ1n) is 9.88. The Morgan fingerprint density at radius 3 is 2.61 bits per heavy atom. The van der Waals surface area contributed by atoms with Gasteiger partial charge in [0.25, 0.3) is 11.8 Å². The number of aliphatic hydroxyl groups excluding tert-OH is 1. The maximum atomic E-state index is 13.1. The smallest absolute Gasteiger partial charge is 0.272 e. The van der Waals surface area contributed by atoms with E-state index < -0.39 is 17.6 Å². The molecule has 1 fully saturated rings. The second-order valence-corrected chi connectivity index (χ2v) is 7.65. The maximum absolute atomic E-state index is 13.1. The number of hydrogen-bond acceptors (Lipinski definition) is 5. The van der Waals surface area contributed by atoms with Crippen molar-refractivity contribution in [2.24, 2.45) is 5.92 Å². The Labute approximate surface area is 182 Å². The van der Waals surface area contributed by atoms with Gasteiger partial charge in [0.05, 0.1) is 23.6 Å². The average Bonchev–Trinajstić information content (AvgIpc) is 3.24. The van der Waals surface area contributed by atoms with Gasteiger partial charge < -0.3 is 26.0 Å². The Kier molecular flexibility index (Phi) is 7.59. The zero-order valence-corrected chi connectivity index (χ0v) is 17.3. The number of carbonyl (C=O) groups excluding carboxylic acids is 3. The lowest BCUT2D eigenvalue weighted by molar-refractivity contribution is -0.120. The molecule has 1 aromatic heterocycles. The van der Waals surface area contributed by atoms with E-state index in [1.807, 2.05) is 0 Å². The van der Waals surface area contributed by atoms with Crippen molar-refractivity contribution in [2.75, 3.05) is 18.5 Å². The highest BCUT2D eigenvalue weighted by atomic mass is 35.5. The molecule has 1 aliphatic rings. The molecule has 166 valence electrons. The van der Waals surface area contributed by atoms with Gasteiger partial charge in [-0.3, -0.25) is 14.4 Å². The van der Waals surface area contributed by atoms with Crippen molar-refractivity contribution in [1.82, 2.24) is 20.6 Å². The van der Waals surface area contributed by atoms with Crippen LogP contribution in [0.5, 0.6) is 0 Å². The lowest BCUT2D eigenvalue weighted by Gasteiger charge is -2.28. The maximum Gasteiger partial charge on any atom is 0.272 e. The van der Waals surface area contributed by atoms with Crippen molar-refractivity contribution in [3.05, 3.63) is 46.8 Å². The minimum Gasteiger partial charge on any atom is -0.395 e. The number of nitrogens with one attached hydrogen (secondary N) is 4. The molecule has 9 nitrogen and oxygen atoms in total. The predicted octanol–water partition coefficient (Wildman–Crippen LogP) is 1.85. The molecular formula is C20H23ClFN5O4. The van der Waals surface area contributed by atoms with E-state index in [1.165, 1.54) is 18.5 Å². The van der Waals surface area contributed by atoms with Crippen LogP contribution in [0.2, 0.25) is 5.02 Å². The van der Waals surface area contributed by atoms with Crippen molar-refractivity contribution in [3.63, 3.8) is 0 Å². The molecule has 1 heterocycles. The van der Waals surface area contributed by atoms with E-state index in [0.29, 0.717) is 31.4 Å². The van der Waals surface area contributed by atoms with Gasteiger partial charge in [-0.25, -0.2) is 9.37 Å². The van der Waals surface area contributed by atoms with E-state index in [2.05, 4.69) is 25.9 Å². The Hall–Kier alpha value is -2.98. The van der Waals surface area contributed by atoms with E-state index in [4.69, 9.17) is 16.7 Å². The summed E-state index contributed by atoms with van der Waals surface area (Å²) in [6.45, 7) is -0.163. The number of hydrogen-bond donors (Lipinski definition) is 5. The highest BCUT2D eigenvalue weighted by Crippen LogP contribution is 2.28. The van der Waals surface area contributed by atoms with E-state index >= 15 is 0 Å². The molecule has 1 aliphatic carbocycles. The minimum absolute atomic E-state index is 0.0428. The number of aromatic amines is 1. The minimum atomic E-state index is -0.555. The van der Waals surface area contributed by atoms with E-state index in [0.717, 1.165) is 6.07 Å². The molecule has 2 aromatic rings. The van der Waals surface area contributed by atoms with Crippen LogP contribution >= 0.6 is 11.6 Å². The van der Waals surface area contributed by atoms with Gasteiger partial charge in [0.15, 0.2) is 5.69 Å². The number of aliphatic hydroxyl groups is 1. The van der Waals surface area contributed by atoms with E-state index in [1.54, 1.807) is 0 Å². The Morgan fingerprint density at radius 2 is 1.94 bits per heavy atom. The number of benzene rings is 1. The fourth-order valence-electron chi connectivity index (χ4n) is 3.48. The van der Waals surface area contributed by atoms with E-state index in [-0.39, 0.29) is 47.4 Å². The summed E-state index contributed by atoms with van der Waals surface area (Å²) in [5.41, 5.74) is 0.353. The molecule has 0 aliphatic heterocycles. The van der Waals surface area contributed by atoms with Gasteiger partial charge in [-0.05, 0) is 43.9 Å². The standard InChI is InChI=1S/C20H23ClFN5O4/c21-14-9-12(22)3-6-15(14)27-18(29)11-1-4-13(5-2-11)26-20(31)17-16(24-10-25-17)19(30)23-7-8-28/h3,6,9-11,13,28H,1-2,4-5,7-8H2,(H,23,30)(H,24,25)(H,26,31)(H,27,29)/t11-,13-. The summed E-state index contributed by atoms with van der Waals surface area (Å²) in [4.78, 5) is 43.6. The summed E-state index contributed by atoms with van der Waals surface area (Å²) in [5.74, 6) is -1.94. The number of H-pyrrole nitrogens is 1. The third kappa shape index (κ3) is 5.80. The van der Waals surface area contributed by atoms with Gasteiger partial charge >= 0.3 is 0 Å². The van der Waals surface area contributed by atoms with Crippen LogP contribution in [0.25, 0.3) is 0 Å². The van der Waals surface area contributed by atoms with Gasteiger partial charge in [-0.2, -0.15) is 0 Å². The van der Waals surface area contributed by atoms with Crippen LogP contribution in [-0.2, 0) is 4.79 Å². The summed E-state index contributed by atoms with van der Waals surface area (Å²) in [5, 5.41) is 17.0. The summed E-state index contributed by atoms with van der Waals surface area (Å²) in [6, 6.07) is 3.63. The number of carbonyl (C=O) groups is 3. The summed E-state index contributed by atoms with van der Waals surface area (Å²) in [6.07, 6.45) is 3.54. The monoisotopic (exact) mass is 451 g/mol. The number of nitrogens with zero attached hydrogens (tertiary/aromatic N) is 1. The third-order valence-electron chi connectivity index (χ3n) is 5.10. The van der Waals surface area contributed by atoms with Crippen molar-refractivity contribution < 1.29 is 23.9 Å². The van der Waals surface area contributed by atoms with Gasteiger partial charge in [-0.1, -0.05) is 11.6 Å². The fourth-order valence-corrected chi connectivity index (χ4v) is 3.69. The first-order chi connectivity index (χ1) is 14.9. The quantitative estimate of drug-likeness (QED) is 0.437. The number of halogens is 2. The summed E-state index contributed by atoms with van der Waals surface area (Å²) < 4.78 is 13.1. The predicted molar refractivity (Wildman–Crippen MR) is 111 cm³/mol. The van der Waals surface area contributed by atoms with Crippen LogP contribution < -0.4 is 16.0 Å². The molecule has 1 saturated carbocycles. The molecule has 11 heteroatoms. The SMILES string of the molecule is O=C(NCCO)c1nc[nH]c1C(=O)N[C@H]1CC[C@H](C(=O)Nc2ccc(F)cc2Cl)CC1. The molecule has 31 heavy (non-hydrogen) atoms. The highest BCUT2D eigenvalue weighted by molar-refractivity contribution is 6.33. The number of imidazole rings is 1. The molecule has 0 radical (unpaired) electrons. The van der Waals surface area contributed by atoms with Gasteiger partial charge in [0, 0.05) is 18.5 Å². The lowest BCUT2D eigenvalue weighted by atomic mass is 9.85. The Balaban J connectivity index is 1.51. The first-order valence-corrected chi connectivity index (χ1v) is 10.3.